The molecule has 0 saturated heterocycles. The summed E-state index contributed by atoms with van der Waals surface area (Å²) in [6.45, 7) is 1.26. The molecule has 0 heterocycles. The van der Waals surface area contributed by atoms with Crippen molar-refractivity contribution < 1.29 is 34.1 Å². The van der Waals surface area contributed by atoms with Gasteiger partial charge < -0.3 is 31.3 Å². The van der Waals surface area contributed by atoms with Crippen molar-refractivity contribution in [3.63, 3.8) is 0 Å². The number of phenols is 1. The van der Waals surface area contributed by atoms with Crippen LogP contribution in [-0.4, -0.2) is 52.6 Å². The number of carboxylic acids is 1. The third-order valence-corrected chi connectivity index (χ3v) is 7.45. The number of carboxylic acid groups (broad SMARTS) is 1. The van der Waals surface area contributed by atoms with Crippen LogP contribution in [0.25, 0.3) is 11.1 Å². The minimum atomic E-state index is -1.11. The number of amides is 3. The number of carbonyl (C=O) groups is 4. The molecule has 0 saturated carbocycles. The van der Waals surface area contributed by atoms with Gasteiger partial charge in [0.05, 0.1) is 0 Å². The predicted molar refractivity (Wildman–Crippen MR) is 173 cm³/mol. The normalized spacial score (nSPS) is 12.7. The second kappa shape index (κ2) is 15.9. The predicted octanol–water partition coefficient (Wildman–Crippen LogP) is 3.64. The summed E-state index contributed by atoms with van der Waals surface area (Å²) in [4.78, 5) is 50.1. The van der Waals surface area contributed by atoms with Gasteiger partial charge in [-0.1, -0.05) is 85.8 Å². The second-order valence-electron chi connectivity index (χ2n) is 11.1. The number of ether oxygens (including phenoxy) is 1. The number of aromatic hydroxyl groups is 1. The van der Waals surface area contributed by atoms with Crippen molar-refractivity contribution in [3.05, 3.63) is 120 Å². The second-order valence-corrected chi connectivity index (χ2v) is 11.1. The summed E-state index contributed by atoms with van der Waals surface area (Å²) in [6.07, 6.45) is 0.631. The molecule has 4 rings (SSSR count). The first kappa shape index (κ1) is 33.3. The Bertz CT molecular complexity index is 1620. The molecule has 4 aromatic carbocycles. The van der Waals surface area contributed by atoms with Crippen LogP contribution in [0.2, 0.25) is 0 Å². The lowest BCUT2D eigenvalue weighted by molar-refractivity contribution is -0.139. The molecule has 3 amide bonds. The molecule has 0 unspecified atom stereocenters. The van der Waals surface area contributed by atoms with Crippen molar-refractivity contribution >= 4 is 23.7 Å². The fourth-order valence-electron chi connectivity index (χ4n) is 4.90. The maximum atomic E-state index is 13.7. The molecule has 0 aliphatic carbocycles. The summed E-state index contributed by atoms with van der Waals surface area (Å²) in [7, 11) is 0. The lowest BCUT2D eigenvalue weighted by Gasteiger charge is -2.24. The van der Waals surface area contributed by atoms with Crippen molar-refractivity contribution in [1.29, 1.82) is 0 Å². The molecule has 0 spiro atoms. The lowest BCUT2D eigenvalue weighted by Crippen LogP contribution is -2.55. The van der Waals surface area contributed by atoms with Crippen LogP contribution >= 0.6 is 0 Å². The SMILES string of the molecule is C[C@@H](Cc1ccc(O)cc1)C(=O)N[C@@H](Cc1ccc(-c2ccccc2)cc1)C(=O)N[C@@H](Cc1ccc(OCC(=O)O)cc1)C(N)=O. The van der Waals surface area contributed by atoms with E-state index in [2.05, 4.69) is 10.6 Å². The summed E-state index contributed by atoms with van der Waals surface area (Å²) in [5.41, 5.74) is 10.0. The molecule has 238 valence electrons. The largest absolute Gasteiger partial charge is 0.508 e. The third kappa shape index (κ3) is 9.95. The average Bonchev–Trinajstić information content (AvgIpc) is 3.05. The van der Waals surface area contributed by atoms with Gasteiger partial charge in [0, 0.05) is 18.8 Å². The number of hydrogen-bond donors (Lipinski definition) is 5. The third-order valence-electron chi connectivity index (χ3n) is 7.45. The van der Waals surface area contributed by atoms with E-state index in [1.54, 1.807) is 55.5 Å². The van der Waals surface area contributed by atoms with Gasteiger partial charge in [0.25, 0.3) is 0 Å². The molecular formula is C36H37N3O7. The van der Waals surface area contributed by atoms with E-state index in [1.807, 2.05) is 54.6 Å². The Kier molecular flexibility index (Phi) is 11.5. The molecule has 0 bridgehead atoms. The average molecular weight is 624 g/mol. The zero-order valence-electron chi connectivity index (χ0n) is 25.4. The Morgan fingerprint density at radius 1 is 0.674 bits per heavy atom. The fraction of sp³-hybridized carbons (Fsp3) is 0.222. The summed E-state index contributed by atoms with van der Waals surface area (Å²) >= 11 is 0. The standard InChI is InChI=1S/C36H37N3O7/c1-23(19-24-9-15-29(40)16-10-24)35(44)39-32(21-25-7-13-28(14-8-25)27-5-3-2-4-6-27)36(45)38-31(34(37)43)20-26-11-17-30(18-12-26)46-22-33(41)42/h2-18,23,31-32,40H,19-22H2,1H3,(H2,37,43)(H,38,45)(H,39,44)(H,41,42)/t23-,31-,32-/m0/s1. The number of nitrogens with one attached hydrogen (secondary N) is 2. The minimum absolute atomic E-state index is 0.0734. The molecule has 10 nitrogen and oxygen atoms in total. The maximum absolute atomic E-state index is 13.7. The van der Waals surface area contributed by atoms with Crippen LogP contribution in [-0.2, 0) is 38.4 Å². The van der Waals surface area contributed by atoms with Crippen molar-refractivity contribution in [3.8, 4) is 22.6 Å². The van der Waals surface area contributed by atoms with E-state index in [0.29, 0.717) is 17.7 Å². The molecule has 0 aliphatic heterocycles. The van der Waals surface area contributed by atoms with Gasteiger partial charge in [-0.25, -0.2) is 4.79 Å². The number of primary amides is 1. The number of nitrogens with two attached hydrogens (primary N) is 1. The van der Waals surface area contributed by atoms with Crippen LogP contribution in [0.4, 0.5) is 0 Å². The smallest absolute Gasteiger partial charge is 0.341 e. The van der Waals surface area contributed by atoms with Crippen LogP contribution in [0.15, 0.2) is 103 Å². The molecule has 0 aromatic heterocycles. The van der Waals surface area contributed by atoms with Gasteiger partial charge in [-0.15, -0.1) is 0 Å². The monoisotopic (exact) mass is 623 g/mol. The molecular weight excluding hydrogens is 586 g/mol. The maximum Gasteiger partial charge on any atom is 0.341 e. The Hall–Kier alpha value is -5.64. The first-order chi connectivity index (χ1) is 22.1. The van der Waals surface area contributed by atoms with Gasteiger partial charge in [-0.3, -0.25) is 14.4 Å². The van der Waals surface area contributed by atoms with Crippen molar-refractivity contribution in [2.24, 2.45) is 11.7 Å². The van der Waals surface area contributed by atoms with Gasteiger partial charge >= 0.3 is 5.97 Å². The van der Waals surface area contributed by atoms with Crippen molar-refractivity contribution in [2.45, 2.75) is 38.3 Å². The quantitative estimate of drug-likeness (QED) is 0.135. The molecule has 3 atom stereocenters. The van der Waals surface area contributed by atoms with E-state index in [0.717, 1.165) is 22.3 Å². The summed E-state index contributed by atoms with van der Waals surface area (Å²) < 4.78 is 5.15. The van der Waals surface area contributed by atoms with E-state index in [-0.39, 0.29) is 24.5 Å². The number of aliphatic carboxylic acids is 1. The number of hydrogen-bond acceptors (Lipinski definition) is 6. The van der Waals surface area contributed by atoms with Gasteiger partial charge in [0.15, 0.2) is 6.61 Å². The van der Waals surface area contributed by atoms with E-state index < -0.39 is 42.4 Å². The van der Waals surface area contributed by atoms with Gasteiger partial charge in [0.1, 0.15) is 23.6 Å². The molecule has 0 aliphatic rings. The number of phenolic OH excluding ortho intramolecular Hbond substituents is 1. The molecule has 46 heavy (non-hydrogen) atoms. The van der Waals surface area contributed by atoms with Crippen molar-refractivity contribution in [1.82, 2.24) is 10.6 Å². The highest BCUT2D eigenvalue weighted by molar-refractivity contribution is 5.92. The van der Waals surface area contributed by atoms with Gasteiger partial charge in [-0.2, -0.15) is 0 Å². The summed E-state index contributed by atoms with van der Waals surface area (Å²) in [5, 5.41) is 24.0. The zero-order valence-corrected chi connectivity index (χ0v) is 25.4. The first-order valence-corrected chi connectivity index (χ1v) is 14.8. The highest BCUT2D eigenvalue weighted by Gasteiger charge is 2.28. The summed E-state index contributed by atoms with van der Waals surface area (Å²) in [5.74, 6) is -2.80. The molecule has 0 radical (unpaired) electrons. The Morgan fingerprint density at radius 3 is 1.76 bits per heavy atom. The van der Waals surface area contributed by atoms with Crippen LogP contribution in [0, 0.1) is 5.92 Å². The van der Waals surface area contributed by atoms with E-state index in [4.69, 9.17) is 15.6 Å². The Morgan fingerprint density at radius 2 is 1.17 bits per heavy atom. The summed E-state index contributed by atoms with van der Waals surface area (Å²) in [6, 6.07) is 28.5. The highest BCUT2D eigenvalue weighted by atomic mass is 16.5. The van der Waals surface area contributed by atoms with Crippen LogP contribution < -0.4 is 21.1 Å². The van der Waals surface area contributed by atoms with E-state index >= 15 is 0 Å². The topological polar surface area (TPSA) is 168 Å². The fourth-order valence-corrected chi connectivity index (χ4v) is 4.90. The number of benzene rings is 4. The van der Waals surface area contributed by atoms with Crippen LogP contribution in [0.1, 0.15) is 23.6 Å². The Balaban J connectivity index is 1.49. The first-order valence-electron chi connectivity index (χ1n) is 14.8. The van der Waals surface area contributed by atoms with E-state index in [9.17, 15) is 24.3 Å². The molecule has 4 aromatic rings. The minimum Gasteiger partial charge on any atom is -0.508 e. The Labute approximate surface area is 267 Å². The molecule has 0 fully saturated rings. The van der Waals surface area contributed by atoms with Crippen molar-refractivity contribution in [2.75, 3.05) is 6.61 Å². The molecule has 10 heteroatoms. The number of rotatable bonds is 15. The van der Waals surface area contributed by atoms with Gasteiger partial charge in [-0.05, 0) is 58.5 Å². The molecule has 6 N–H and O–H groups in total. The number of carbonyl (C=O) groups excluding carboxylic acids is 3. The van der Waals surface area contributed by atoms with Crippen LogP contribution in [0.5, 0.6) is 11.5 Å². The van der Waals surface area contributed by atoms with Crippen LogP contribution in [0.3, 0.4) is 0 Å². The zero-order chi connectivity index (χ0) is 33.1. The highest BCUT2D eigenvalue weighted by Crippen LogP contribution is 2.20. The lowest BCUT2D eigenvalue weighted by atomic mass is 9.97. The van der Waals surface area contributed by atoms with E-state index in [1.165, 1.54) is 0 Å². The van der Waals surface area contributed by atoms with Gasteiger partial charge in [0.2, 0.25) is 17.7 Å².